The van der Waals surface area contributed by atoms with Gasteiger partial charge in [0, 0.05) is 0 Å². The first-order valence-corrected chi connectivity index (χ1v) is 4.40. The summed E-state index contributed by atoms with van der Waals surface area (Å²) >= 11 is 0. The summed E-state index contributed by atoms with van der Waals surface area (Å²) in [6, 6.07) is 0. The second kappa shape index (κ2) is 3.05. The van der Waals surface area contributed by atoms with Gasteiger partial charge in [-0.1, -0.05) is 13.8 Å². The lowest BCUT2D eigenvalue weighted by molar-refractivity contribution is -0.165. The number of hydrogen-bond donors (Lipinski definition) is 2. The summed E-state index contributed by atoms with van der Waals surface area (Å²) in [5, 5.41) is 18.5. The van der Waals surface area contributed by atoms with E-state index in [0.717, 1.165) is 6.42 Å². The number of rotatable bonds is 1. The van der Waals surface area contributed by atoms with Crippen LogP contribution >= 0.6 is 0 Å². The van der Waals surface area contributed by atoms with Crippen LogP contribution in [0.2, 0.25) is 0 Å². The van der Waals surface area contributed by atoms with Crippen LogP contribution in [0.4, 0.5) is 0 Å². The second-order valence-corrected chi connectivity index (χ2v) is 4.19. The molecular weight excluding hydrogens is 156 g/mol. The van der Waals surface area contributed by atoms with Crippen molar-refractivity contribution >= 4 is 5.97 Å². The first-order valence-electron chi connectivity index (χ1n) is 4.40. The number of carboxylic acid groups (broad SMARTS) is 1. The van der Waals surface area contributed by atoms with E-state index < -0.39 is 11.6 Å². The maximum atomic E-state index is 10.7. The van der Waals surface area contributed by atoms with Gasteiger partial charge < -0.3 is 10.2 Å². The van der Waals surface area contributed by atoms with Gasteiger partial charge in [-0.3, -0.25) is 0 Å². The van der Waals surface area contributed by atoms with Gasteiger partial charge in [-0.2, -0.15) is 0 Å². The molecule has 3 nitrogen and oxygen atoms in total. The molecule has 2 atom stereocenters. The van der Waals surface area contributed by atoms with E-state index in [4.69, 9.17) is 5.11 Å². The molecule has 2 unspecified atom stereocenters. The average Bonchev–Trinajstić information content (AvgIpc) is 1.82. The Hall–Kier alpha value is -0.570. The van der Waals surface area contributed by atoms with E-state index in [1.807, 2.05) is 13.8 Å². The Morgan fingerprint density at radius 2 is 1.75 bits per heavy atom. The van der Waals surface area contributed by atoms with E-state index in [9.17, 15) is 9.90 Å². The van der Waals surface area contributed by atoms with Crippen LogP contribution in [0.3, 0.4) is 0 Å². The first-order chi connectivity index (χ1) is 5.44. The quantitative estimate of drug-likeness (QED) is 0.626. The van der Waals surface area contributed by atoms with Crippen LogP contribution in [0.25, 0.3) is 0 Å². The van der Waals surface area contributed by atoms with Crippen LogP contribution in [0.15, 0.2) is 0 Å². The van der Waals surface area contributed by atoms with Crippen LogP contribution in [0, 0.1) is 11.8 Å². The van der Waals surface area contributed by atoms with Crippen molar-refractivity contribution in [2.45, 2.75) is 38.7 Å². The molecule has 1 saturated carbocycles. The van der Waals surface area contributed by atoms with Gasteiger partial charge in [0.1, 0.15) is 0 Å². The zero-order chi connectivity index (χ0) is 9.35. The SMILES string of the molecule is CC1CC(C)CC(O)(C(=O)O)C1. The normalized spacial score (nSPS) is 42.6. The maximum absolute atomic E-state index is 10.7. The summed E-state index contributed by atoms with van der Waals surface area (Å²) in [7, 11) is 0. The standard InChI is InChI=1S/C9H16O3/c1-6-3-7(2)5-9(12,4-6)8(10)11/h6-7,12H,3-5H2,1-2H3,(H,10,11). The highest BCUT2D eigenvalue weighted by Gasteiger charge is 2.42. The van der Waals surface area contributed by atoms with E-state index in [-0.39, 0.29) is 0 Å². The Bertz CT molecular complexity index is 178. The Kier molecular flexibility index (Phi) is 2.42. The molecule has 0 heterocycles. The topological polar surface area (TPSA) is 57.5 Å². The zero-order valence-corrected chi connectivity index (χ0v) is 7.58. The molecule has 0 saturated heterocycles. The monoisotopic (exact) mass is 172 g/mol. The molecular formula is C9H16O3. The Balaban J connectivity index is 2.71. The molecule has 0 aromatic carbocycles. The lowest BCUT2D eigenvalue weighted by Gasteiger charge is -2.35. The van der Waals surface area contributed by atoms with Crippen molar-refractivity contribution in [2.24, 2.45) is 11.8 Å². The first kappa shape index (κ1) is 9.52. The van der Waals surface area contributed by atoms with Gasteiger partial charge >= 0.3 is 5.97 Å². The van der Waals surface area contributed by atoms with Crippen LogP contribution < -0.4 is 0 Å². The van der Waals surface area contributed by atoms with E-state index in [0.29, 0.717) is 24.7 Å². The van der Waals surface area contributed by atoms with Crippen LogP contribution in [0.5, 0.6) is 0 Å². The fourth-order valence-electron chi connectivity index (χ4n) is 2.26. The number of carboxylic acids is 1. The summed E-state index contributed by atoms with van der Waals surface area (Å²) in [5.74, 6) is -0.439. The molecule has 0 bridgehead atoms. The molecule has 0 spiro atoms. The smallest absolute Gasteiger partial charge is 0.335 e. The molecule has 12 heavy (non-hydrogen) atoms. The lowest BCUT2D eigenvalue weighted by atomic mass is 9.74. The van der Waals surface area contributed by atoms with E-state index in [2.05, 4.69) is 0 Å². The molecule has 1 aliphatic rings. The van der Waals surface area contributed by atoms with Crippen molar-refractivity contribution in [2.75, 3.05) is 0 Å². The third-order valence-electron chi connectivity index (χ3n) is 2.58. The van der Waals surface area contributed by atoms with E-state index in [1.54, 1.807) is 0 Å². The number of aliphatic hydroxyl groups is 1. The molecule has 1 aliphatic carbocycles. The van der Waals surface area contributed by atoms with Crippen molar-refractivity contribution in [3.05, 3.63) is 0 Å². The summed E-state index contributed by atoms with van der Waals surface area (Å²) in [6.45, 7) is 3.98. The van der Waals surface area contributed by atoms with Gasteiger partial charge in [0.15, 0.2) is 5.60 Å². The molecule has 0 aromatic rings. The van der Waals surface area contributed by atoms with Gasteiger partial charge in [0.05, 0.1) is 0 Å². The summed E-state index contributed by atoms with van der Waals surface area (Å²) in [4.78, 5) is 10.7. The largest absolute Gasteiger partial charge is 0.479 e. The Morgan fingerprint density at radius 1 is 1.33 bits per heavy atom. The minimum atomic E-state index is -1.46. The number of aliphatic carboxylic acids is 1. The summed E-state index contributed by atoms with van der Waals surface area (Å²) in [6.07, 6.45) is 1.81. The van der Waals surface area contributed by atoms with Gasteiger partial charge in [-0.25, -0.2) is 4.79 Å². The summed E-state index contributed by atoms with van der Waals surface area (Å²) in [5.41, 5.74) is -1.46. The van der Waals surface area contributed by atoms with Crippen molar-refractivity contribution in [1.29, 1.82) is 0 Å². The minimum Gasteiger partial charge on any atom is -0.479 e. The predicted octanol–water partition coefficient (Wildman–Crippen LogP) is 1.26. The van der Waals surface area contributed by atoms with Crippen LogP contribution in [-0.2, 0) is 4.79 Å². The van der Waals surface area contributed by atoms with Gasteiger partial charge in [-0.15, -0.1) is 0 Å². The molecule has 3 heteroatoms. The molecule has 2 N–H and O–H groups in total. The molecule has 70 valence electrons. The van der Waals surface area contributed by atoms with E-state index >= 15 is 0 Å². The number of hydrogen-bond acceptors (Lipinski definition) is 2. The van der Waals surface area contributed by atoms with Gasteiger partial charge in [-0.05, 0) is 31.1 Å². The third-order valence-corrected chi connectivity index (χ3v) is 2.58. The highest BCUT2D eigenvalue weighted by molar-refractivity contribution is 5.77. The Labute approximate surface area is 72.4 Å². The van der Waals surface area contributed by atoms with Gasteiger partial charge in [0.25, 0.3) is 0 Å². The van der Waals surface area contributed by atoms with E-state index in [1.165, 1.54) is 0 Å². The van der Waals surface area contributed by atoms with Crippen LogP contribution in [0.1, 0.15) is 33.1 Å². The fourth-order valence-corrected chi connectivity index (χ4v) is 2.26. The predicted molar refractivity (Wildman–Crippen MR) is 44.8 cm³/mol. The average molecular weight is 172 g/mol. The van der Waals surface area contributed by atoms with Crippen molar-refractivity contribution in [1.82, 2.24) is 0 Å². The minimum absolute atomic E-state index is 0.315. The maximum Gasteiger partial charge on any atom is 0.335 e. The second-order valence-electron chi connectivity index (χ2n) is 4.19. The molecule has 0 radical (unpaired) electrons. The molecule has 0 aliphatic heterocycles. The van der Waals surface area contributed by atoms with Crippen molar-refractivity contribution in [3.8, 4) is 0 Å². The molecule has 1 fully saturated rings. The van der Waals surface area contributed by atoms with Crippen molar-refractivity contribution < 1.29 is 15.0 Å². The molecule has 0 aromatic heterocycles. The fraction of sp³-hybridized carbons (Fsp3) is 0.889. The van der Waals surface area contributed by atoms with Crippen molar-refractivity contribution in [3.63, 3.8) is 0 Å². The molecule has 0 amide bonds. The Morgan fingerprint density at radius 3 is 2.08 bits per heavy atom. The zero-order valence-electron chi connectivity index (χ0n) is 7.58. The number of carbonyl (C=O) groups is 1. The van der Waals surface area contributed by atoms with Crippen LogP contribution in [-0.4, -0.2) is 21.8 Å². The summed E-state index contributed by atoms with van der Waals surface area (Å²) < 4.78 is 0. The molecule has 1 rings (SSSR count). The van der Waals surface area contributed by atoms with Gasteiger partial charge in [0.2, 0.25) is 0 Å². The lowest BCUT2D eigenvalue weighted by Crippen LogP contribution is -2.44. The highest BCUT2D eigenvalue weighted by atomic mass is 16.4. The third kappa shape index (κ3) is 1.78. The highest BCUT2D eigenvalue weighted by Crippen LogP contribution is 2.35.